The Bertz CT molecular complexity index is 1180. The first-order valence-corrected chi connectivity index (χ1v) is 12.4. The Labute approximate surface area is 195 Å². The van der Waals surface area contributed by atoms with Gasteiger partial charge in [0.25, 0.3) is 5.91 Å². The van der Waals surface area contributed by atoms with E-state index in [2.05, 4.69) is 5.32 Å². The van der Waals surface area contributed by atoms with Crippen LogP contribution in [0, 0.1) is 17.6 Å². The molecule has 6 nitrogen and oxygen atoms in total. The summed E-state index contributed by atoms with van der Waals surface area (Å²) in [6.07, 6.45) is 1.59. The van der Waals surface area contributed by atoms with Gasteiger partial charge in [-0.15, -0.1) is 0 Å². The van der Waals surface area contributed by atoms with Gasteiger partial charge in [-0.25, -0.2) is 17.2 Å². The van der Waals surface area contributed by atoms with Gasteiger partial charge in [0.1, 0.15) is 5.78 Å². The molecule has 1 aliphatic rings. The molecule has 3 rings (SSSR count). The van der Waals surface area contributed by atoms with E-state index >= 15 is 0 Å². The number of ketones is 1. The van der Waals surface area contributed by atoms with Crippen molar-refractivity contribution in [3.05, 3.63) is 58.6 Å². The van der Waals surface area contributed by atoms with Crippen molar-refractivity contribution in [1.29, 1.82) is 0 Å². The summed E-state index contributed by atoms with van der Waals surface area (Å²) >= 11 is 6.12. The first-order chi connectivity index (χ1) is 15.4. The van der Waals surface area contributed by atoms with Crippen LogP contribution in [0.2, 0.25) is 5.02 Å². The number of benzene rings is 2. The van der Waals surface area contributed by atoms with Gasteiger partial charge >= 0.3 is 0 Å². The quantitative estimate of drug-likeness (QED) is 0.582. The molecule has 2 aromatic carbocycles. The topological polar surface area (TPSA) is 101 Å². The van der Waals surface area contributed by atoms with Crippen LogP contribution in [0.15, 0.2) is 41.3 Å². The van der Waals surface area contributed by atoms with E-state index in [1.54, 1.807) is 0 Å². The van der Waals surface area contributed by atoms with Crippen molar-refractivity contribution in [3.8, 4) is 0 Å². The second-order valence-electron chi connectivity index (χ2n) is 8.56. The van der Waals surface area contributed by atoms with Crippen LogP contribution >= 0.6 is 11.6 Å². The Hall–Kier alpha value is -2.36. The zero-order valence-electron chi connectivity index (χ0n) is 17.9. The van der Waals surface area contributed by atoms with Crippen LogP contribution in [-0.2, 0) is 14.6 Å². The van der Waals surface area contributed by atoms with Gasteiger partial charge in [-0.1, -0.05) is 11.6 Å². The van der Waals surface area contributed by atoms with Gasteiger partial charge in [0.05, 0.1) is 21.3 Å². The minimum absolute atomic E-state index is 0.0119. The van der Waals surface area contributed by atoms with Gasteiger partial charge in [0.15, 0.2) is 21.5 Å². The molecule has 0 radical (unpaired) electrons. The second kappa shape index (κ2) is 9.87. The Balaban J connectivity index is 1.73. The molecule has 0 bridgehead atoms. The first-order valence-electron chi connectivity index (χ1n) is 10.4. The summed E-state index contributed by atoms with van der Waals surface area (Å²) in [4.78, 5) is 23.7. The maximum atomic E-state index is 13.4. The summed E-state index contributed by atoms with van der Waals surface area (Å²) in [5.41, 5.74) is -1.10. The van der Waals surface area contributed by atoms with Crippen LogP contribution in [0.4, 0.5) is 14.5 Å². The minimum atomic E-state index is -3.86. The largest absolute Gasteiger partial charge is 0.389 e. The van der Waals surface area contributed by atoms with Crippen molar-refractivity contribution >= 4 is 38.8 Å². The number of anilines is 1. The van der Waals surface area contributed by atoms with E-state index in [4.69, 9.17) is 11.6 Å². The van der Waals surface area contributed by atoms with Crippen molar-refractivity contribution in [2.24, 2.45) is 5.92 Å². The zero-order chi connectivity index (χ0) is 24.4. The van der Waals surface area contributed by atoms with E-state index in [9.17, 15) is 31.9 Å². The second-order valence-corrected chi connectivity index (χ2v) is 11.0. The number of rotatable bonds is 7. The lowest BCUT2D eigenvalue weighted by atomic mass is 9.77. The van der Waals surface area contributed by atoms with E-state index in [0.29, 0.717) is 25.7 Å². The minimum Gasteiger partial charge on any atom is -0.389 e. The molecule has 0 atom stereocenters. The van der Waals surface area contributed by atoms with E-state index in [1.807, 2.05) is 0 Å². The number of hydrogen-bond donors (Lipinski definition) is 2. The number of aliphatic hydroxyl groups is 1. The van der Waals surface area contributed by atoms with Crippen LogP contribution in [0.5, 0.6) is 0 Å². The molecule has 0 spiro atoms. The smallest absolute Gasteiger partial charge is 0.255 e. The predicted octanol–water partition coefficient (Wildman–Crippen LogP) is 4.54. The van der Waals surface area contributed by atoms with Gasteiger partial charge in [-0.05, 0) is 68.9 Å². The molecule has 1 aliphatic carbocycles. The highest BCUT2D eigenvalue weighted by Gasteiger charge is 2.36. The summed E-state index contributed by atoms with van der Waals surface area (Å²) in [5.74, 6) is -3.45. The molecule has 1 fully saturated rings. The molecule has 2 N–H and O–H groups in total. The fraction of sp³-hybridized carbons (Fsp3) is 0.391. The third-order valence-electron chi connectivity index (χ3n) is 5.77. The van der Waals surface area contributed by atoms with Crippen LogP contribution in [0.25, 0.3) is 0 Å². The lowest BCUT2D eigenvalue weighted by molar-refractivity contribution is -0.123. The normalized spacial score (nSPS) is 20.9. The fourth-order valence-electron chi connectivity index (χ4n) is 4.08. The van der Waals surface area contributed by atoms with Crippen LogP contribution in [0.3, 0.4) is 0 Å². The number of carbonyl (C=O) groups is 2. The highest BCUT2D eigenvalue weighted by molar-refractivity contribution is 7.91. The maximum absolute atomic E-state index is 13.4. The molecule has 2 aromatic rings. The van der Waals surface area contributed by atoms with E-state index in [1.165, 1.54) is 25.1 Å². The van der Waals surface area contributed by atoms with Crippen molar-refractivity contribution in [1.82, 2.24) is 0 Å². The average Bonchev–Trinajstić information content (AvgIpc) is 2.72. The molecule has 0 heterocycles. The summed E-state index contributed by atoms with van der Waals surface area (Å²) in [7, 11) is -3.86. The third-order valence-corrected chi connectivity index (χ3v) is 8.13. The van der Waals surface area contributed by atoms with Gasteiger partial charge in [0.2, 0.25) is 0 Å². The molecule has 33 heavy (non-hydrogen) atoms. The van der Waals surface area contributed by atoms with Gasteiger partial charge in [-0.3, -0.25) is 9.59 Å². The summed E-state index contributed by atoms with van der Waals surface area (Å²) in [6, 6.07) is 6.64. The van der Waals surface area contributed by atoms with Gasteiger partial charge in [-0.2, -0.15) is 0 Å². The van der Waals surface area contributed by atoms with Crippen molar-refractivity contribution in [2.75, 3.05) is 11.1 Å². The van der Waals surface area contributed by atoms with Crippen molar-refractivity contribution in [2.45, 2.75) is 49.5 Å². The molecule has 10 heteroatoms. The van der Waals surface area contributed by atoms with E-state index in [0.717, 1.165) is 18.2 Å². The highest BCUT2D eigenvalue weighted by Crippen LogP contribution is 2.36. The number of halogens is 3. The summed E-state index contributed by atoms with van der Waals surface area (Å²) in [6.45, 7) is 1.41. The Kier molecular flexibility index (Phi) is 7.55. The molecular formula is C23H24ClF2NO5S. The van der Waals surface area contributed by atoms with Crippen LogP contribution < -0.4 is 5.32 Å². The Morgan fingerprint density at radius 2 is 1.79 bits per heavy atom. The van der Waals surface area contributed by atoms with E-state index < -0.39 is 33.0 Å². The fourth-order valence-corrected chi connectivity index (χ4v) is 6.36. The molecular weight excluding hydrogens is 476 g/mol. The number of carbonyl (C=O) groups excluding carboxylic acids is 2. The average molecular weight is 500 g/mol. The SMILES string of the molecule is CC(=O)CC1(O)CCC(CS(=O)(=O)c2cc(C(=O)Nc3ccc(F)c(F)c3)ccc2Cl)CC1. The summed E-state index contributed by atoms with van der Waals surface area (Å²) in [5, 5.41) is 12.8. The van der Waals surface area contributed by atoms with Crippen LogP contribution in [-0.4, -0.2) is 36.6 Å². The molecule has 1 saturated carbocycles. The number of Topliss-reactive ketones (excluding diaryl/α,β-unsaturated/α-hetero) is 1. The Morgan fingerprint density at radius 1 is 1.12 bits per heavy atom. The van der Waals surface area contributed by atoms with E-state index in [-0.39, 0.29) is 45.0 Å². The zero-order valence-corrected chi connectivity index (χ0v) is 19.5. The molecule has 0 aliphatic heterocycles. The maximum Gasteiger partial charge on any atom is 0.255 e. The lowest BCUT2D eigenvalue weighted by Crippen LogP contribution is -2.37. The number of nitrogens with one attached hydrogen (secondary N) is 1. The number of sulfone groups is 1. The van der Waals surface area contributed by atoms with Gasteiger partial charge in [0, 0.05) is 23.7 Å². The monoisotopic (exact) mass is 499 g/mol. The molecule has 1 amide bonds. The lowest BCUT2D eigenvalue weighted by Gasteiger charge is -2.35. The molecule has 0 saturated heterocycles. The third kappa shape index (κ3) is 6.37. The number of hydrogen-bond acceptors (Lipinski definition) is 5. The van der Waals surface area contributed by atoms with Crippen molar-refractivity contribution in [3.63, 3.8) is 0 Å². The first kappa shape index (κ1) is 25.3. The highest BCUT2D eigenvalue weighted by atomic mass is 35.5. The molecule has 0 aromatic heterocycles. The van der Waals surface area contributed by atoms with Gasteiger partial charge < -0.3 is 10.4 Å². The number of amides is 1. The molecule has 0 unspecified atom stereocenters. The Morgan fingerprint density at radius 3 is 2.39 bits per heavy atom. The van der Waals surface area contributed by atoms with Crippen LogP contribution in [0.1, 0.15) is 49.4 Å². The molecule has 178 valence electrons. The van der Waals surface area contributed by atoms with Crippen molar-refractivity contribution < 1.29 is 31.9 Å². The standard InChI is InChI=1S/C23H24ClF2NO5S/c1-14(28)12-23(30)8-6-15(7-9-23)13-33(31,32)21-10-16(2-4-18(21)24)22(29)27-17-3-5-19(25)20(26)11-17/h2-5,10-11,15,30H,6-9,12-13H2,1H3,(H,27,29). The predicted molar refractivity (Wildman–Crippen MR) is 120 cm³/mol. The summed E-state index contributed by atoms with van der Waals surface area (Å²) < 4.78 is 52.6.